The second-order valence-electron chi connectivity index (χ2n) is 10.9. The molecule has 5 rings (SSSR count). The Hall–Kier alpha value is -5.05. The number of fused-ring (bicyclic) bond motifs is 1. The molecule has 216 valence electrons. The Labute approximate surface area is 243 Å². The Kier molecular flexibility index (Phi) is 7.51. The maximum atomic E-state index is 12.6. The van der Waals surface area contributed by atoms with Crippen molar-refractivity contribution in [1.29, 1.82) is 0 Å². The fourth-order valence-corrected chi connectivity index (χ4v) is 5.30. The normalized spacial score (nSPS) is 13.4. The van der Waals surface area contributed by atoms with Gasteiger partial charge in [0.25, 0.3) is 5.69 Å². The molecule has 42 heavy (non-hydrogen) atoms. The summed E-state index contributed by atoms with van der Waals surface area (Å²) in [6.07, 6.45) is 3.61. The third-order valence-electron chi connectivity index (χ3n) is 7.22. The molecule has 0 bridgehead atoms. The van der Waals surface area contributed by atoms with Crippen LogP contribution in [-0.2, 0) is 6.61 Å². The third kappa shape index (κ3) is 5.58. The fraction of sp³-hybridized carbons (Fsp3) is 0.242. The predicted molar refractivity (Wildman–Crippen MR) is 160 cm³/mol. The van der Waals surface area contributed by atoms with Crippen molar-refractivity contribution in [3.8, 4) is 28.4 Å². The molecule has 0 atom stereocenters. The molecule has 2 heterocycles. The van der Waals surface area contributed by atoms with Crippen molar-refractivity contribution in [2.45, 2.75) is 46.8 Å². The molecule has 4 aromatic rings. The summed E-state index contributed by atoms with van der Waals surface area (Å²) in [6.45, 7) is 10.0. The number of hydrogen-bond donors (Lipinski definition) is 1. The smallest absolute Gasteiger partial charge is 0.379 e. The van der Waals surface area contributed by atoms with Crippen LogP contribution in [0.4, 0.5) is 11.4 Å². The lowest BCUT2D eigenvalue weighted by molar-refractivity contribution is -0.385. The van der Waals surface area contributed by atoms with Gasteiger partial charge in [0.1, 0.15) is 23.9 Å². The van der Waals surface area contributed by atoms with E-state index in [2.05, 4.69) is 32.2 Å². The Morgan fingerprint density at radius 3 is 2.43 bits per heavy atom. The minimum absolute atomic E-state index is 0.0399. The summed E-state index contributed by atoms with van der Waals surface area (Å²) in [5, 5.41) is 15.0. The van der Waals surface area contributed by atoms with Gasteiger partial charge in [-0.1, -0.05) is 12.1 Å². The van der Waals surface area contributed by atoms with Crippen LogP contribution in [0.1, 0.15) is 53.6 Å². The molecule has 0 radical (unpaired) electrons. The van der Waals surface area contributed by atoms with Gasteiger partial charge in [-0.15, -0.1) is 0 Å². The van der Waals surface area contributed by atoms with Crippen LogP contribution >= 0.6 is 0 Å². The predicted octanol–water partition coefficient (Wildman–Crippen LogP) is 7.89. The summed E-state index contributed by atoms with van der Waals surface area (Å²) in [4.78, 5) is 23.6. The molecule has 0 amide bonds. The van der Waals surface area contributed by atoms with Gasteiger partial charge in [-0.3, -0.25) is 10.1 Å². The van der Waals surface area contributed by atoms with Crippen LogP contribution < -0.4 is 19.5 Å². The molecular weight excluding hydrogens is 536 g/mol. The van der Waals surface area contributed by atoms with Gasteiger partial charge in [-0.05, 0) is 81.7 Å². The highest BCUT2D eigenvalue weighted by Gasteiger charge is 2.27. The van der Waals surface area contributed by atoms with Gasteiger partial charge in [-0.2, -0.15) is 0 Å². The van der Waals surface area contributed by atoms with Gasteiger partial charge >= 0.3 is 5.97 Å². The average molecular weight is 569 g/mol. The first-order chi connectivity index (χ1) is 20.0. The summed E-state index contributed by atoms with van der Waals surface area (Å²) in [6, 6.07) is 15.5. The number of aryl methyl sites for hydroxylation is 2. The largest absolute Gasteiger partial charge is 0.496 e. The molecule has 0 saturated carbocycles. The number of carbonyl (C=O) groups is 1. The Balaban J connectivity index is 1.57. The lowest BCUT2D eigenvalue weighted by Gasteiger charge is -2.33. The molecule has 0 unspecified atom stereocenters. The maximum absolute atomic E-state index is 12.6. The molecule has 1 aliphatic heterocycles. The van der Waals surface area contributed by atoms with E-state index in [-0.39, 0.29) is 23.6 Å². The molecule has 1 aliphatic rings. The van der Waals surface area contributed by atoms with Crippen molar-refractivity contribution in [3.63, 3.8) is 0 Å². The number of benzene rings is 3. The fourth-order valence-electron chi connectivity index (χ4n) is 5.30. The Morgan fingerprint density at radius 2 is 1.74 bits per heavy atom. The van der Waals surface area contributed by atoms with Gasteiger partial charge in [0.05, 0.1) is 29.9 Å². The number of rotatable bonds is 8. The highest BCUT2D eigenvalue weighted by molar-refractivity contribution is 5.91. The first-order valence-corrected chi connectivity index (χ1v) is 13.4. The lowest BCUT2D eigenvalue weighted by atomic mass is 9.85. The van der Waals surface area contributed by atoms with Crippen LogP contribution in [0.3, 0.4) is 0 Å². The van der Waals surface area contributed by atoms with Crippen molar-refractivity contribution in [3.05, 3.63) is 105 Å². The highest BCUT2D eigenvalue weighted by Crippen LogP contribution is 2.43. The Bertz CT molecular complexity index is 1730. The van der Waals surface area contributed by atoms with E-state index in [0.717, 1.165) is 39.1 Å². The van der Waals surface area contributed by atoms with Crippen molar-refractivity contribution in [1.82, 2.24) is 0 Å². The minimum Gasteiger partial charge on any atom is -0.496 e. The molecule has 9 heteroatoms. The van der Waals surface area contributed by atoms with Crippen molar-refractivity contribution in [2.24, 2.45) is 0 Å². The van der Waals surface area contributed by atoms with Crippen LogP contribution in [0.25, 0.3) is 16.7 Å². The van der Waals surface area contributed by atoms with Gasteiger partial charge in [0.15, 0.2) is 0 Å². The number of nitro groups is 1. The number of nitrogens with zero attached hydrogens (tertiary/aromatic N) is 1. The van der Waals surface area contributed by atoms with Gasteiger partial charge < -0.3 is 23.9 Å². The molecule has 1 aromatic heterocycles. The monoisotopic (exact) mass is 568 g/mol. The second kappa shape index (κ2) is 11.1. The first-order valence-electron chi connectivity index (χ1n) is 13.4. The van der Waals surface area contributed by atoms with Crippen molar-refractivity contribution in [2.75, 3.05) is 12.4 Å². The number of nitrogens with one attached hydrogen (secondary N) is 1. The highest BCUT2D eigenvalue weighted by atomic mass is 16.6. The van der Waals surface area contributed by atoms with Gasteiger partial charge in [0, 0.05) is 40.1 Å². The van der Waals surface area contributed by atoms with Crippen LogP contribution in [0.2, 0.25) is 0 Å². The summed E-state index contributed by atoms with van der Waals surface area (Å²) in [5.41, 5.74) is 6.69. The number of methoxy groups -OCH3 is 1. The number of nitro benzene ring substituents is 1. The molecule has 0 saturated heterocycles. The van der Waals surface area contributed by atoms with Crippen LogP contribution in [-0.4, -0.2) is 23.5 Å². The summed E-state index contributed by atoms with van der Waals surface area (Å²) in [5.74, 6) is 0.771. The minimum atomic E-state index is -0.600. The first kappa shape index (κ1) is 28.5. The Morgan fingerprint density at radius 1 is 0.976 bits per heavy atom. The van der Waals surface area contributed by atoms with E-state index in [1.165, 1.54) is 18.4 Å². The molecule has 0 aliphatic carbocycles. The molecule has 9 nitrogen and oxygen atoms in total. The second-order valence-corrected chi connectivity index (χ2v) is 10.9. The zero-order valence-corrected chi connectivity index (χ0v) is 24.4. The molecule has 0 spiro atoms. The number of furan rings is 1. The number of allylic oxidation sites excluding steroid dienone is 1. The molecular formula is C33H32N2O7. The number of ether oxygens (including phenoxy) is 3. The van der Waals surface area contributed by atoms with E-state index in [0.29, 0.717) is 22.8 Å². The van der Waals surface area contributed by atoms with E-state index < -0.39 is 10.9 Å². The summed E-state index contributed by atoms with van der Waals surface area (Å²) < 4.78 is 22.9. The van der Waals surface area contributed by atoms with Gasteiger partial charge in [-0.25, -0.2) is 4.79 Å². The maximum Gasteiger partial charge on any atom is 0.379 e. The summed E-state index contributed by atoms with van der Waals surface area (Å²) in [7, 11) is 1.55. The number of anilines is 1. The van der Waals surface area contributed by atoms with Crippen molar-refractivity contribution < 1.29 is 28.3 Å². The molecule has 0 fully saturated rings. The van der Waals surface area contributed by atoms with Crippen LogP contribution in [0, 0.1) is 24.0 Å². The third-order valence-corrected chi connectivity index (χ3v) is 7.22. The number of carbonyl (C=O) groups excluding carboxylic acids is 1. The van der Waals surface area contributed by atoms with Crippen LogP contribution in [0.5, 0.6) is 17.2 Å². The molecule has 3 aromatic carbocycles. The van der Waals surface area contributed by atoms with Crippen molar-refractivity contribution >= 4 is 22.9 Å². The van der Waals surface area contributed by atoms with Gasteiger partial charge in [0.2, 0.25) is 5.76 Å². The summed E-state index contributed by atoms with van der Waals surface area (Å²) >= 11 is 0. The number of esters is 1. The average Bonchev–Trinajstić information content (AvgIpc) is 3.37. The zero-order valence-electron chi connectivity index (χ0n) is 24.4. The van der Waals surface area contributed by atoms with E-state index in [1.807, 2.05) is 25.1 Å². The van der Waals surface area contributed by atoms with E-state index >= 15 is 0 Å². The number of non-ortho nitro benzene ring substituents is 1. The van der Waals surface area contributed by atoms with E-state index in [4.69, 9.17) is 18.6 Å². The SMILES string of the molecule is COc1cc(OC(=O)c2occc2C)ccc1-c1ccc2c(c1COc1cc([N+](=O)[O-])ccc1C)C(C)=CC(C)(C)N2. The van der Waals surface area contributed by atoms with E-state index in [9.17, 15) is 14.9 Å². The standard InChI is InChI=1S/C33H32N2O7/c1-19-7-8-22(35(37)38)15-28(19)41-18-26-24(11-12-27-30(26)21(3)17-33(4,5)34-27)25-10-9-23(16-29(25)39-6)42-32(36)31-20(2)13-14-40-31/h7-17,34H,18H2,1-6H3. The quantitative estimate of drug-likeness (QED) is 0.0988. The molecule has 1 N–H and O–H groups in total. The van der Waals surface area contributed by atoms with E-state index in [1.54, 1.807) is 38.3 Å². The lowest BCUT2D eigenvalue weighted by Crippen LogP contribution is -2.32. The van der Waals surface area contributed by atoms with Crippen LogP contribution in [0.15, 0.2) is 71.4 Å². The number of hydrogen-bond acceptors (Lipinski definition) is 8. The topological polar surface area (TPSA) is 113 Å². The zero-order chi connectivity index (χ0) is 30.2.